The van der Waals surface area contributed by atoms with E-state index in [1.54, 1.807) is 17.5 Å². The molecule has 0 aliphatic rings. The maximum atomic E-state index is 6.01. The van der Waals surface area contributed by atoms with Crippen molar-refractivity contribution in [3.8, 4) is 33.3 Å². The standard InChI is InChI=1S/C24H14N2OS.Pt/c1-2-13-23-22(12-1)26-24(28-23)18-8-6-10-20(16-18)27-19-9-5-7-17(15-19)21-11-3-4-14-25-21;/h1-14H;/q-2;+2. The molecule has 3 nitrogen and oxygen atoms in total. The molecule has 0 radical (unpaired) electrons. The molecule has 0 amide bonds. The van der Waals surface area contributed by atoms with Gasteiger partial charge in [0.15, 0.2) is 0 Å². The number of hydrogen-bond donors (Lipinski definition) is 0. The second kappa shape index (κ2) is 8.69. The first-order valence-electron chi connectivity index (χ1n) is 8.85. The number of benzene rings is 3. The van der Waals surface area contributed by atoms with Gasteiger partial charge in [-0.1, -0.05) is 36.4 Å². The van der Waals surface area contributed by atoms with Crippen LogP contribution in [0.3, 0.4) is 0 Å². The van der Waals surface area contributed by atoms with Crippen molar-refractivity contribution in [2.75, 3.05) is 0 Å². The zero-order valence-corrected chi connectivity index (χ0v) is 18.2. The number of nitrogens with zero attached hydrogens (tertiary/aromatic N) is 2. The minimum absolute atomic E-state index is 0. The van der Waals surface area contributed by atoms with Gasteiger partial charge in [-0.15, -0.1) is 47.5 Å². The molecule has 2 heterocycles. The third-order valence-electron chi connectivity index (χ3n) is 4.22. The maximum absolute atomic E-state index is 6.01. The first kappa shape index (κ1) is 19.5. The number of hydrogen-bond acceptors (Lipinski definition) is 4. The van der Waals surface area contributed by atoms with Gasteiger partial charge in [0.05, 0.1) is 5.52 Å². The van der Waals surface area contributed by atoms with E-state index in [4.69, 9.17) is 9.72 Å². The van der Waals surface area contributed by atoms with Crippen LogP contribution < -0.4 is 4.74 Å². The average Bonchev–Trinajstić information content (AvgIpc) is 3.19. The molecule has 0 unspecified atom stereocenters. The molecule has 0 N–H and O–H groups in total. The van der Waals surface area contributed by atoms with Crippen molar-refractivity contribution in [3.05, 3.63) is 97.2 Å². The van der Waals surface area contributed by atoms with E-state index in [1.807, 2.05) is 72.8 Å². The quantitative estimate of drug-likeness (QED) is 0.233. The van der Waals surface area contributed by atoms with Gasteiger partial charge in [-0.05, 0) is 23.9 Å². The minimum atomic E-state index is 0. The normalized spacial score (nSPS) is 10.5. The number of rotatable bonds is 4. The molecule has 3 aromatic carbocycles. The smallest absolute Gasteiger partial charge is 0.497 e. The summed E-state index contributed by atoms with van der Waals surface area (Å²) in [6, 6.07) is 32.1. The molecule has 0 saturated heterocycles. The molecule has 0 saturated carbocycles. The van der Waals surface area contributed by atoms with Crippen LogP contribution in [0.1, 0.15) is 0 Å². The first-order chi connectivity index (χ1) is 13.8. The van der Waals surface area contributed by atoms with Crippen LogP contribution in [0, 0.1) is 12.1 Å². The molecule has 0 spiro atoms. The van der Waals surface area contributed by atoms with E-state index >= 15 is 0 Å². The Morgan fingerprint density at radius 2 is 1.45 bits per heavy atom. The van der Waals surface area contributed by atoms with Crippen LogP contribution in [0.25, 0.3) is 32.0 Å². The molecule has 0 aliphatic carbocycles. The summed E-state index contributed by atoms with van der Waals surface area (Å²) in [6.07, 6.45) is 1.77. The van der Waals surface area contributed by atoms with Crippen molar-refractivity contribution < 1.29 is 25.8 Å². The van der Waals surface area contributed by atoms with E-state index in [2.05, 4.69) is 23.2 Å². The van der Waals surface area contributed by atoms with Gasteiger partial charge in [-0.2, -0.15) is 11.3 Å². The summed E-state index contributed by atoms with van der Waals surface area (Å²) >= 11 is 1.65. The monoisotopic (exact) mass is 573 g/mol. The zero-order valence-electron chi connectivity index (χ0n) is 15.1. The molecule has 2 aromatic heterocycles. The summed E-state index contributed by atoms with van der Waals surface area (Å²) in [5.74, 6) is 1.26. The predicted molar refractivity (Wildman–Crippen MR) is 112 cm³/mol. The Labute approximate surface area is 187 Å². The van der Waals surface area contributed by atoms with E-state index in [-0.39, 0.29) is 21.1 Å². The number of para-hydroxylation sites is 1. The molecule has 5 rings (SSSR count). The summed E-state index contributed by atoms with van der Waals surface area (Å²) in [4.78, 5) is 9.07. The van der Waals surface area contributed by atoms with Crippen molar-refractivity contribution >= 4 is 21.6 Å². The second-order valence-electron chi connectivity index (χ2n) is 6.16. The molecule has 0 atom stereocenters. The summed E-state index contributed by atoms with van der Waals surface area (Å²) < 4.78 is 7.18. The molecule has 0 aliphatic heterocycles. The Hall–Kier alpha value is -2.81. The minimum Gasteiger partial charge on any atom is -0.497 e. The molecular weight excluding hydrogens is 559 g/mol. The number of fused-ring (bicyclic) bond motifs is 1. The van der Waals surface area contributed by atoms with E-state index in [1.165, 1.54) is 0 Å². The summed E-state index contributed by atoms with van der Waals surface area (Å²) in [7, 11) is 0. The van der Waals surface area contributed by atoms with Gasteiger partial charge >= 0.3 is 21.1 Å². The number of pyridine rings is 1. The van der Waals surface area contributed by atoms with Crippen LogP contribution in [-0.2, 0) is 21.1 Å². The van der Waals surface area contributed by atoms with Gasteiger partial charge < -0.3 is 9.72 Å². The molecule has 5 heteroatoms. The Morgan fingerprint density at radius 1 is 0.724 bits per heavy atom. The van der Waals surface area contributed by atoms with Crippen LogP contribution in [0.15, 0.2) is 85.1 Å². The van der Waals surface area contributed by atoms with E-state index in [9.17, 15) is 0 Å². The maximum Gasteiger partial charge on any atom is 2.00 e. The van der Waals surface area contributed by atoms with E-state index in [0.717, 1.165) is 32.0 Å². The van der Waals surface area contributed by atoms with Gasteiger partial charge in [-0.3, -0.25) is 4.98 Å². The fourth-order valence-corrected chi connectivity index (χ4v) is 3.86. The Kier molecular flexibility index (Phi) is 5.84. The zero-order chi connectivity index (χ0) is 18.8. The number of thiazole rings is 1. The number of aromatic nitrogens is 2. The SMILES string of the molecule is [Pt+2].[c-]1c(Oc2[c-]c(-c3nc4ccccc4s3)ccc2)cccc1-c1ccccn1. The number of ether oxygens (including phenoxy) is 1. The molecule has 142 valence electrons. The van der Waals surface area contributed by atoms with Crippen LogP contribution in [0.5, 0.6) is 11.5 Å². The molecule has 0 fully saturated rings. The van der Waals surface area contributed by atoms with Crippen LogP contribution >= 0.6 is 11.3 Å². The molecule has 0 bridgehead atoms. The van der Waals surface area contributed by atoms with Crippen molar-refractivity contribution in [1.29, 1.82) is 0 Å². The van der Waals surface area contributed by atoms with Gasteiger partial charge in [0, 0.05) is 27.4 Å². The molecule has 5 aromatic rings. The predicted octanol–water partition coefficient (Wildman–Crippen LogP) is 6.42. The average molecular weight is 574 g/mol. The first-order valence-corrected chi connectivity index (χ1v) is 9.67. The van der Waals surface area contributed by atoms with E-state index < -0.39 is 0 Å². The van der Waals surface area contributed by atoms with Gasteiger partial charge in [-0.25, -0.2) is 0 Å². The fraction of sp³-hybridized carbons (Fsp3) is 0. The Morgan fingerprint density at radius 3 is 2.21 bits per heavy atom. The van der Waals surface area contributed by atoms with Crippen LogP contribution in [-0.4, -0.2) is 9.97 Å². The van der Waals surface area contributed by atoms with Crippen molar-refractivity contribution in [3.63, 3.8) is 0 Å². The Balaban J connectivity index is 0.00000205. The Bertz CT molecular complexity index is 1220. The second-order valence-corrected chi connectivity index (χ2v) is 7.19. The third-order valence-corrected chi connectivity index (χ3v) is 5.29. The van der Waals surface area contributed by atoms with Gasteiger partial charge in [0.1, 0.15) is 0 Å². The third kappa shape index (κ3) is 4.29. The van der Waals surface area contributed by atoms with E-state index in [0.29, 0.717) is 11.5 Å². The van der Waals surface area contributed by atoms with Crippen LogP contribution in [0.2, 0.25) is 0 Å². The van der Waals surface area contributed by atoms with Gasteiger partial charge in [0.25, 0.3) is 0 Å². The topological polar surface area (TPSA) is 35.0 Å². The largest absolute Gasteiger partial charge is 2.00 e. The van der Waals surface area contributed by atoms with Crippen molar-refractivity contribution in [2.45, 2.75) is 0 Å². The summed E-state index contributed by atoms with van der Waals surface area (Å²) in [5, 5.41) is 0.929. The van der Waals surface area contributed by atoms with Crippen LogP contribution in [0.4, 0.5) is 0 Å². The van der Waals surface area contributed by atoms with Crippen molar-refractivity contribution in [1.82, 2.24) is 9.97 Å². The molecule has 29 heavy (non-hydrogen) atoms. The van der Waals surface area contributed by atoms with Crippen molar-refractivity contribution in [2.24, 2.45) is 0 Å². The molecular formula is C24H14N2OPtS. The summed E-state index contributed by atoms with van der Waals surface area (Å²) in [6.45, 7) is 0. The fourth-order valence-electron chi connectivity index (χ4n) is 2.92. The van der Waals surface area contributed by atoms with Gasteiger partial charge in [0.2, 0.25) is 0 Å². The summed E-state index contributed by atoms with van der Waals surface area (Å²) in [5.41, 5.74) is 3.67.